The Morgan fingerprint density at radius 3 is 2.65 bits per heavy atom. The first-order valence-corrected chi connectivity index (χ1v) is 7.18. The van der Waals surface area contributed by atoms with E-state index in [1.54, 1.807) is 4.90 Å². The van der Waals surface area contributed by atoms with Crippen LogP contribution in [-0.4, -0.2) is 55.7 Å². The van der Waals surface area contributed by atoms with Gasteiger partial charge in [-0.1, -0.05) is 0 Å². The summed E-state index contributed by atoms with van der Waals surface area (Å²) in [7, 11) is 0. The average molecular weight is 285 g/mol. The Bertz CT molecular complexity index is 337. The molecule has 2 fully saturated rings. The maximum atomic E-state index is 12.0. The zero-order valence-corrected chi connectivity index (χ0v) is 11.7. The van der Waals surface area contributed by atoms with E-state index >= 15 is 0 Å². The number of nitrogens with zero attached hydrogens (tertiary/aromatic N) is 1. The maximum absolute atomic E-state index is 12.0. The summed E-state index contributed by atoms with van der Waals surface area (Å²) in [5.41, 5.74) is 2.16. The number of likely N-dealkylation sites (tertiary alicyclic amines) is 1. The standard InChI is InChI=1S/C13H23N3O4/c14-15-13(18)10-3-5-16(6-4-10)12(17)9-19-8-11-2-1-7-20-11/h10-11H,1-9,14H2,(H,15,18). The van der Waals surface area contributed by atoms with Gasteiger partial charge in [0.1, 0.15) is 6.61 Å². The molecule has 0 aromatic heterocycles. The van der Waals surface area contributed by atoms with Crippen LogP contribution in [0.2, 0.25) is 0 Å². The molecule has 2 heterocycles. The summed E-state index contributed by atoms with van der Waals surface area (Å²) >= 11 is 0. The molecule has 2 saturated heterocycles. The minimum Gasteiger partial charge on any atom is -0.376 e. The van der Waals surface area contributed by atoms with Crippen molar-refractivity contribution in [2.24, 2.45) is 11.8 Å². The summed E-state index contributed by atoms with van der Waals surface area (Å²) in [6.07, 6.45) is 3.52. The number of piperidine rings is 1. The fourth-order valence-electron chi connectivity index (χ4n) is 2.65. The second-order valence-electron chi connectivity index (χ2n) is 5.31. The lowest BCUT2D eigenvalue weighted by atomic mass is 9.96. The number of carbonyl (C=O) groups is 2. The van der Waals surface area contributed by atoms with E-state index in [4.69, 9.17) is 15.3 Å². The molecule has 0 aromatic rings. The van der Waals surface area contributed by atoms with Crippen LogP contribution in [0, 0.1) is 5.92 Å². The third-order valence-electron chi connectivity index (χ3n) is 3.91. The van der Waals surface area contributed by atoms with Crippen LogP contribution in [0.5, 0.6) is 0 Å². The van der Waals surface area contributed by atoms with Gasteiger partial charge in [-0.15, -0.1) is 0 Å². The van der Waals surface area contributed by atoms with E-state index in [1.807, 2.05) is 0 Å². The molecular formula is C13H23N3O4. The Morgan fingerprint density at radius 1 is 1.30 bits per heavy atom. The van der Waals surface area contributed by atoms with Crippen LogP contribution in [-0.2, 0) is 19.1 Å². The molecule has 2 amide bonds. The third kappa shape index (κ3) is 4.16. The third-order valence-corrected chi connectivity index (χ3v) is 3.91. The van der Waals surface area contributed by atoms with E-state index in [1.165, 1.54) is 0 Å². The van der Waals surface area contributed by atoms with Gasteiger partial charge < -0.3 is 14.4 Å². The molecule has 7 nitrogen and oxygen atoms in total. The number of ether oxygens (including phenoxy) is 2. The highest BCUT2D eigenvalue weighted by atomic mass is 16.5. The molecule has 114 valence electrons. The van der Waals surface area contributed by atoms with E-state index in [-0.39, 0.29) is 30.4 Å². The monoisotopic (exact) mass is 285 g/mol. The molecule has 0 radical (unpaired) electrons. The molecule has 0 bridgehead atoms. The lowest BCUT2D eigenvalue weighted by molar-refractivity contribution is -0.140. The highest BCUT2D eigenvalue weighted by Gasteiger charge is 2.27. The van der Waals surface area contributed by atoms with Crippen LogP contribution < -0.4 is 11.3 Å². The fourth-order valence-corrected chi connectivity index (χ4v) is 2.65. The van der Waals surface area contributed by atoms with Crippen LogP contribution in [0.25, 0.3) is 0 Å². The van der Waals surface area contributed by atoms with Gasteiger partial charge in [-0.3, -0.25) is 15.0 Å². The Morgan fingerprint density at radius 2 is 2.05 bits per heavy atom. The number of carbonyl (C=O) groups excluding carboxylic acids is 2. The predicted molar refractivity (Wildman–Crippen MR) is 71.4 cm³/mol. The molecule has 20 heavy (non-hydrogen) atoms. The lowest BCUT2D eigenvalue weighted by Gasteiger charge is -2.31. The molecule has 2 rings (SSSR count). The zero-order valence-electron chi connectivity index (χ0n) is 11.7. The molecule has 1 atom stereocenters. The van der Waals surface area contributed by atoms with E-state index in [9.17, 15) is 9.59 Å². The SMILES string of the molecule is NNC(=O)C1CCN(C(=O)COCC2CCCO2)CC1. The quantitative estimate of drug-likeness (QED) is 0.400. The Kier molecular flexibility index (Phi) is 5.75. The Labute approximate surface area is 118 Å². The van der Waals surface area contributed by atoms with E-state index in [2.05, 4.69) is 5.43 Å². The molecule has 0 spiro atoms. The normalized spacial score (nSPS) is 23.9. The van der Waals surface area contributed by atoms with Gasteiger partial charge >= 0.3 is 0 Å². The van der Waals surface area contributed by atoms with Gasteiger partial charge in [0.2, 0.25) is 11.8 Å². The number of nitrogens with one attached hydrogen (secondary N) is 1. The summed E-state index contributed by atoms with van der Waals surface area (Å²) < 4.78 is 10.8. The van der Waals surface area contributed by atoms with Gasteiger partial charge in [-0.2, -0.15) is 0 Å². The van der Waals surface area contributed by atoms with Crippen molar-refractivity contribution in [3.8, 4) is 0 Å². The van der Waals surface area contributed by atoms with Gasteiger partial charge in [-0.25, -0.2) is 5.84 Å². The zero-order chi connectivity index (χ0) is 14.4. The Balaban J connectivity index is 1.62. The largest absolute Gasteiger partial charge is 0.376 e. The number of nitrogens with two attached hydrogens (primary N) is 1. The molecule has 1 unspecified atom stereocenters. The van der Waals surface area contributed by atoms with Crippen molar-refractivity contribution < 1.29 is 19.1 Å². The summed E-state index contributed by atoms with van der Waals surface area (Å²) in [5, 5.41) is 0. The summed E-state index contributed by atoms with van der Waals surface area (Å²) in [5.74, 6) is 4.86. The van der Waals surface area contributed by atoms with Crippen molar-refractivity contribution in [1.29, 1.82) is 0 Å². The van der Waals surface area contributed by atoms with Crippen LogP contribution in [0.15, 0.2) is 0 Å². The van der Waals surface area contributed by atoms with E-state index in [0.717, 1.165) is 19.4 Å². The lowest BCUT2D eigenvalue weighted by Crippen LogP contribution is -2.45. The molecule has 3 N–H and O–H groups in total. The van der Waals surface area contributed by atoms with Crippen LogP contribution in [0.3, 0.4) is 0 Å². The van der Waals surface area contributed by atoms with Gasteiger partial charge in [-0.05, 0) is 25.7 Å². The molecular weight excluding hydrogens is 262 g/mol. The Hall–Kier alpha value is -1.18. The molecule has 0 aromatic carbocycles. The number of rotatable bonds is 5. The van der Waals surface area contributed by atoms with Crippen molar-refractivity contribution in [2.75, 3.05) is 32.9 Å². The first-order valence-electron chi connectivity index (χ1n) is 7.18. The van der Waals surface area contributed by atoms with Gasteiger partial charge in [0.15, 0.2) is 0 Å². The first-order chi connectivity index (χ1) is 9.70. The number of hydrogen-bond acceptors (Lipinski definition) is 5. The second-order valence-corrected chi connectivity index (χ2v) is 5.31. The fraction of sp³-hybridized carbons (Fsp3) is 0.846. The minimum atomic E-state index is -0.147. The number of hydrogen-bond donors (Lipinski definition) is 2. The van der Waals surface area contributed by atoms with E-state index in [0.29, 0.717) is 32.5 Å². The smallest absolute Gasteiger partial charge is 0.248 e. The topological polar surface area (TPSA) is 93.9 Å². The maximum Gasteiger partial charge on any atom is 0.248 e. The van der Waals surface area contributed by atoms with Crippen LogP contribution in [0.1, 0.15) is 25.7 Å². The second kappa shape index (κ2) is 7.56. The molecule has 0 saturated carbocycles. The summed E-state index contributed by atoms with van der Waals surface area (Å²) in [6.45, 7) is 2.53. The van der Waals surface area contributed by atoms with Crippen molar-refractivity contribution in [1.82, 2.24) is 10.3 Å². The van der Waals surface area contributed by atoms with Crippen molar-refractivity contribution in [2.45, 2.75) is 31.8 Å². The first kappa shape index (κ1) is 15.2. The summed E-state index contributed by atoms with van der Waals surface area (Å²) in [4.78, 5) is 25.1. The molecule has 2 aliphatic rings. The van der Waals surface area contributed by atoms with Crippen molar-refractivity contribution >= 4 is 11.8 Å². The average Bonchev–Trinajstić information content (AvgIpc) is 2.99. The van der Waals surface area contributed by atoms with Crippen LogP contribution in [0.4, 0.5) is 0 Å². The predicted octanol–water partition coefficient (Wildman–Crippen LogP) is -0.589. The highest BCUT2D eigenvalue weighted by molar-refractivity contribution is 5.80. The highest BCUT2D eigenvalue weighted by Crippen LogP contribution is 2.17. The molecule has 2 aliphatic heterocycles. The number of hydrazine groups is 1. The van der Waals surface area contributed by atoms with E-state index < -0.39 is 0 Å². The van der Waals surface area contributed by atoms with Crippen molar-refractivity contribution in [3.63, 3.8) is 0 Å². The van der Waals surface area contributed by atoms with Crippen LogP contribution >= 0.6 is 0 Å². The summed E-state index contributed by atoms with van der Waals surface area (Å²) in [6, 6.07) is 0. The van der Waals surface area contributed by atoms with Crippen molar-refractivity contribution in [3.05, 3.63) is 0 Å². The minimum absolute atomic E-state index is 0.0189. The van der Waals surface area contributed by atoms with Gasteiger partial charge in [0.05, 0.1) is 12.7 Å². The molecule has 0 aliphatic carbocycles. The van der Waals surface area contributed by atoms with Gasteiger partial charge in [0, 0.05) is 25.6 Å². The number of amides is 2. The molecule has 7 heteroatoms. The van der Waals surface area contributed by atoms with Gasteiger partial charge in [0.25, 0.3) is 0 Å².